The topological polar surface area (TPSA) is 21.3 Å². The molecule has 2 atom stereocenters. The molecular formula is C14H21NO. The molecule has 2 rings (SSSR count). The predicted octanol–water partition coefficient (Wildman–Crippen LogP) is 2.16. The van der Waals surface area contributed by atoms with Gasteiger partial charge in [-0.3, -0.25) is 0 Å². The summed E-state index contributed by atoms with van der Waals surface area (Å²) in [5.41, 5.74) is 2.85. The van der Waals surface area contributed by atoms with Crippen LogP contribution in [0, 0.1) is 12.8 Å². The van der Waals surface area contributed by atoms with Crippen LogP contribution in [0.1, 0.15) is 17.5 Å². The summed E-state index contributed by atoms with van der Waals surface area (Å²) < 4.78 is 5.58. The Morgan fingerprint density at radius 1 is 1.38 bits per heavy atom. The van der Waals surface area contributed by atoms with E-state index in [0.717, 1.165) is 25.9 Å². The number of nitrogens with one attached hydrogen (secondary N) is 1. The van der Waals surface area contributed by atoms with Crippen LogP contribution in [-0.4, -0.2) is 26.3 Å². The van der Waals surface area contributed by atoms with E-state index >= 15 is 0 Å². The van der Waals surface area contributed by atoms with E-state index in [1.165, 1.54) is 11.1 Å². The van der Waals surface area contributed by atoms with Crippen molar-refractivity contribution in [1.29, 1.82) is 0 Å². The summed E-state index contributed by atoms with van der Waals surface area (Å²) in [5.74, 6) is 0.611. The van der Waals surface area contributed by atoms with Gasteiger partial charge < -0.3 is 10.1 Å². The quantitative estimate of drug-likeness (QED) is 0.841. The van der Waals surface area contributed by atoms with Crippen LogP contribution in [0.4, 0.5) is 0 Å². The van der Waals surface area contributed by atoms with Crippen molar-refractivity contribution in [3.05, 3.63) is 35.4 Å². The zero-order chi connectivity index (χ0) is 11.4. The van der Waals surface area contributed by atoms with Crippen LogP contribution in [0.25, 0.3) is 0 Å². The van der Waals surface area contributed by atoms with E-state index in [4.69, 9.17) is 4.74 Å². The highest BCUT2D eigenvalue weighted by molar-refractivity contribution is 5.26. The van der Waals surface area contributed by atoms with Gasteiger partial charge in [-0.05, 0) is 37.4 Å². The molecule has 1 heterocycles. The molecule has 1 fully saturated rings. The van der Waals surface area contributed by atoms with Crippen LogP contribution in [-0.2, 0) is 11.2 Å². The molecule has 0 bridgehead atoms. The summed E-state index contributed by atoms with van der Waals surface area (Å²) in [6, 6.07) is 8.65. The Morgan fingerprint density at radius 2 is 2.19 bits per heavy atom. The Labute approximate surface area is 98.0 Å². The van der Waals surface area contributed by atoms with E-state index in [1.54, 1.807) is 0 Å². The number of hydrogen-bond acceptors (Lipinski definition) is 2. The Bertz CT molecular complexity index is 337. The fraction of sp³-hybridized carbons (Fsp3) is 0.571. The first kappa shape index (κ1) is 11.6. The zero-order valence-corrected chi connectivity index (χ0v) is 10.2. The average molecular weight is 219 g/mol. The minimum Gasteiger partial charge on any atom is -0.381 e. The summed E-state index contributed by atoms with van der Waals surface area (Å²) in [5, 5.41) is 3.46. The van der Waals surface area contributed by atoms with E-state index in [-0.39, 0.29) is 0 Å². The van der Waals surface area contributed by atoms with Crippen molar-refractivity contribution in [1.82, 2.24) is 5.32 Å². The van der Waals surface area contributed by atoms with Crippen LogP contribution in [0.3, 0.4) is 0 Å². The molecule has 1 aromatic carbocycles. The molecule has 1 aromatic rings. The maximum Gasteiger partial charge on any atom is 0.0626 e. The Hall–Kier alpha value is -0.860. The third-order valence-electron chi connectivity index (χ3n) is 3.58. The second kappa shape index (κ2) is 5.46. The number of piperidine rings is 1. The second-order valence-electron chi connectivity index (χ2n) is 4.66. The first-order chi connectivity index (χ1) is 7.81. The highest BCUT2D eigenvalue weighted by atomic mass is 16.5. The third-order valence-corrected chi connectivity index (χ3v) is 3.58. The molecule has 1 N–H and O–H groups in total. The van der Waals surface area contributed by atoms with Gasteiger partial charge in [0.2, 0.25) is 0 Å². The smallest absolute Gasteiger partial charge is 0.0626 e. The van der Waals surface area contributed by atoms with E-state index in [2.05, 4.69) is 36.5 Å². The van der Waals surface area contributed by atoms with Crippen molar-refractivity contribution in [2.24, 2.45) is 5.92 Å². The molecule has 0 amide bonds. The Morgan fingerprint density at radius 3 is 2.94 bits per heavy atom. The van der Waals surface area contributed by atoms with Crippen LogP contribution in [0.15, 0.2) is 24.3 Å². The van der Waals surface area contributed by atoms with Crippen molar-refractivity contribution in [3.63, 3.8) is 0 Å². The first-order valence-corrected chi connectivity index (χ1v) is 6.09. The summed E-state index contributed by atoms with van der Waals surface area (Å²) in [4.78, 5) is 0. The lowest BCUT2D eigenvalue weighted by molar-refractivity contribution is 0.0311. The van der Waals surface area contributed by atoms with Crippen molar-refractivity contribution in [2.75, 3.05) is 20.2 Å². The normalized spacial score (nSPS) is 25.6. The largest absolute Gasteiger partial charge is 0.381 e. The van der Waals surface area contributed by atoms with Gasteiger partial charge in [0.15, 0.2) is 0 Å². The standard InChI is InChI=1S/C14H21NO/c1-11-5-3-4-6-12(11)9-13-10-15-8-7-14(13)16-2/h3-6,13-15H,7-10H2,1-2H3. The lowest BCUT2D eigenvalue weighted by atomic mass is 9.88. The minimum atomic E-state index is 0.417. The van der Waals surface area contributed by atoms with Crippen molar-refractivity contribution < 1.29 is 4.74 Å². The molecule has 88 valence electrons. The number of aryl methyl sites for hydroxylation is 1. The van der Waals surface area contributed by atoms with Crippen LogP contribution < -0.4 is 5.32 Å². The van der Waals surface area contributed by atoms with Crippen molar-refractivity contribution in [3.8, 4) is 0 Å². The number of benzene rings is 1. The van der Waals surface area contributed by atoms with E-state index in [0.29, 0.717) is 12.0 Å². The van der Waals surface area contributed by atoms with Gasteiger partial charge in [-0.15, -0.1) is 0 Å². The highest BCUT2D eigenvalue weighted by Gasteiger charge is 2.24. The molecule has 1 saturated heterocycles. The lowest BCUT2D eigenvalue weighted by Gasteiger charge is -2.31. The van der Waals surface area contributed by atoms with Crippen LogP contribution >= 0.6 is 0 Å². The van der Waals surface area contributed by atoms with Gasteiger partial charge in [0.05, 0.1) is 6.10 Å². The Kier molecular flexibility index (Phi) is 3.97. The molecule has 0 aromatic heterocycles. The zero-order valence-electron chi connectivity index (χ0n) is 10.2. The minimum absolute atomic E-state index is 0.417. The van der Waals surface area contributed by atoms with Gasteiger partial charge in [-0.25, -0.2) is 0 Å². The summed E-state index contributed by atoms with van der Waals surface area (Å²) in [6.07, 6.45) is 2.67. The number of hydrogen-bond donors (Lipinski definition) is 1. The highest BCUT2D eigenvalue weighted by Crippen LogP contribution is 2.21. The van der Waals surface area contributed by atoms with Crippen LogP contribution in [0.2, 0.25) is 0 Å². The fourth-order valence-electron chi connectivity index (χ4n) is 2.53. The van der Waals surface area contributed by atoms with Crippen molar-refractivity contribution >= 4 is 0 Å². The molecule has 1 aliphatic heterocycles. The maximum atomic E-state index is 5.58. The van der Waals surface area contributed by atoms with Gasteiger partial charge >= 0.3 is 0 Å². The molecule has 1 aliphatic rings. The molecule has 2 unspecified atom stereocenters. The van der Waals surface area contributed by atoms with Gasteiger partial charge in [0.25, 0.3) is 0 Å². The van der Waals surface area contributed by atoms with Gasteiger partial charge in [0.1, 0.15) is 0 Å². The second-order valence-corrected chi connectivity index (χ2v) is 4.66. The number of ether oxygens (including phenoxy) is 1. The maximum absolute atomic E-state index is 5.58. The summed E-state index contributed by atoms with van der Waals surface area (Å²) in [7, 11) is 1.83. The first-order valence-electron chi connectivity index (χ1n) is 6.09. The molecule has 2 nitrogen and oxygen atoms in total. The van der Waals surface area contributed by atoms with Crippen LogP contribution in [0.5, 0.6) is 0 Å². The van der Waals surface area contributed by atoms with E-state index < -0.39 is 0 Å². The average Bonchev–Trinajstić information content (AvgIpc) is 2.33. The molecule has 0 radical (unpaired) electrons. The fourth-order valence-corrected chi connectivity index (χ4v) is 2.53. The van der Waals surface area contributed by atoms with E-state index in [1.807, 2.05) is 7.11 Å². The number of rotatable bonds is 3. The summed E-state index contributed by atoms with van der Waals surface area (Å²) in [6.45, 7) is 4.35. The molecule has 2 heteroatoms. The van der Waals surface area contributed by atoms with E-state index in [9.17, 15) is 0 Å². The van der Waals surface area contributed by atoms with Gasteiger partial charge in [-0.1, -0.05) is 24.3 Å². The number of methoxy groups -OCH3 is 1. The monoisotopic (exact) mass is 219 g/mol. The lowest BCUT2D eigenvalue weighted by Crippen LogP contribution is -2.41. The van der Waals surface area contributed by atoms with Gasteiger partial charge in [-0.2, -0.15) is 0 Å². The third kappa shape index (κ3) is 2.63. The molecule has 0 aliphatic carbocycles. The molecule has 0 saturated carbocycles. The molecule has 0 spiro atoms. The Balaban J connectivity index is 2.05. The van der Waals surface area contributed by atoms with Crippen molar-refractivity contribution in [2.45, 2.75) is 25.9 Å². The predicted molar refractivity (Wildman–Crippen MR) is 66.7 cm³/mol. The van der Waals surface area contributed by atoms with Gasteiger partial charge in [0, 0.05) is 19.6 Å². The SMILES string of the molecule is COC1CCNCC1Cc1ccccc1C. The summed E-state index contributed by atoms with van der Waals surface area (Å²) >= 11 is 0. The molecular weight excluding hydrogens is 198 g/mol. The molecule has 16 heavy (non-hydrogen) atoms.